The van der Waals surface area contributed by atoms with Gasteiger partial charge in [-0.1, -0.05) is 23.4 Å². The fraction of sp³-hybridized carbons (Fsp3) is 0.429. The molecule has 1 aromatic heterocycles. The van der Waals surface area contributed by atoms with Gasteiger partial charge in [-0.2, -0.15) is 4.98 Å². The van der Waals surface area contributed by atoms with Crippen molar-refractivity contribution in [2.75, 3.05) is 0 Å². The molecule has 1 aliphatic carbocycles. The molecule has 0 aliphatic heterocycles. The van der Waals surface area contributed by atoms with E-state index in [1.54, 1.807) is 0 Å². The van der Waals surface area contributed by atoms with Crippen LogP contribution in [0.15, 0.2) is 22.7 Å². The first-order valence-electron chi connectivity index (χ1n) is 6.32. The van der Waals surface area contributed by atoms with Gasteiger partial charge < -0.3 is 10.3 Å². The van der Waals surface area contributed by atoms with Crippen LogP contribution in [-0.2, 0) is 0 Å². The molecule has 1 fully saturated rings. The smallest absolute Gasteiger partial charge is 0.229 e. The normalized spacial score (nSPS) is 16.8. The lowest BCUT2D eigenvalue weighted by molar-refractivity contribution is 0.372. The minimum Gasteiger partial charge on any atom is -0.339 e. The van der Waals surface area contributed by atoms with Gasteiger partial charge in [0.05, 0.1) is 6.04 Å². The van der Waals surface area contributed by atoms with E-state index < -0.39 is 0 Å². The Kier molecular flexibility index (Phi) is 2.67. The Bertz CT molecular complexity index is 552. The third kappa shape index (κ3) is 1.93. The average molecular weight is 243 g/mol. The molecule has 1 atom stereocenters. The molecule has 0 saturated heterocycles. The molecule has 4 heteroatoms. The Morgan fingerprint density at radius 2 is 1.94 bits per heavy atom. The third-order valence-corrected chi connectivity index (χ3v) is 3.52. The molecule has 1 aliphatic rings. The van der Waals surface area contributed by atoms with Gasteiger partial charge in [0, 0.05) is 5.92 Å². The van der Waals surface area contributed by atoms with E-state index in [1.807, 2.05) is 6.07 Å². The molecule has 1 aromatic carbocycles. The highest BCUT2D eigenvalue weighted by atomic mass is 16.5. The van der Waals surface area contributed by atoms with Crippen molar-refractivity contribution < 1.29 is 4.52 Å². The maximum Gasteiger partial charge on any atom is 0.229 e. The average Bonchev–Trinajstić information content (AvgIpc) is 3.07. The molecule has 0 radical (unpaired) electrons. The molecule has 0 spiro atoms. The summed E-state index contributed by atoms with van der Waals surface area (Å²) in [7, 11) is 0. The van der Waals surface area contributed by atoms with Gasteiger partial charge in [0.2, 0.25) is 5.89 Å². The molecular formula is C14H17N3O. The summed E-state index contributed by atoms with van der Waals surface area (Å²) in [6, 6.07) is 5.85. The zero-order valence-corrected chi connectivity index (χ0v) is 10.7. The summed E-state index contributed by atoms with van der Waals surface area (Å²) < 4.78 is 5.27. The zero-order chi connectivity index (χ0) is 12.7. The van der Waals surface area contributed by atoms with Crippen LogP contribution in [-0.4, -0.2) is 10.1 Å². The summed E-state index contributed by atoms with van der Waals surface area (Å²) in [5, 5.41) is 4.02. The second kappa shape index (κ2) is 4.21. The second-order valence-electron chi connectivity index (χ2n) is 5.05. The predicted octanol–water partition coefficient (Wildman–Crippen LogP) is 2.61. The molecule has 0 amide bonds. The van der Waals surface area contributed by atoms with E-state index in [-0.39, 0.29) is 6.04 Å². The van der Waals surface area contributed by atoms with E-state index in [2.05, 4.69) is 36.1 Å². The van der Waals surface area contributed by atoms with Crippen LogP contribution in [0, 0.1) is 13.8 Å². The van der Waals surface area contributed by atoms with Crippen LogP contribution in [0.25, 0.3) is 0 Å². The topological polar surface area (TPSA) is 64.9 Å². The van der Waals surface area contributed by atoms with Gasteiger partial charge in [-0.25, -0.2) is 0 Å². The first kappa shape index (κ1) is 11.4. The molecule has 3 rings (SSSR count). The highest BCUT2D eigenvalue weighted by Gasteiger charge is 2.30. The van der Waals surface area contributed by atoms with Gasteiger partial charge in [0.1, 0.15) is 0 Å². The van der Waals surface area contributed by atoms with E-state index in [1.165, 1.54) is 11.1 Å². The van der Waals surface area contributed by atoms with Crippen LogP contribution in [0.3, 0.4) is 0 Å². The Morgan fingerprint density at radius 1 is 1.28 bits per heavy atom. The summed E-state index contributed by atoms with van der Waals surface area (Å²) in [6.45, 7) is 4.12. The molecule has 18 heavy (non-hydrogen) atoms. The van der Waals surface area contributed by atoms with Crippen molar-refractivity contribution in [1.29, 1.82) is 0 Å². The monoisotopic (exact) mass is 243 g/mol. The highest BCUT2D eigenvalue weighted by Crippen LogP contribution is 2.39. The molecule has 0 bridgehead atoms. The van der Waals surface area contributed by atoms with Gasteiger partial charge in [-0.3, -0.25) is 0 Å². The molecular weight excluding hydrogens is 226 g/mol. The lowest BCUT2D eigenvalue weighted by Gasteiger charge is -2.14. The number of nitrogens with zero attached hydrogens (tertiary/aromatic N) is 2. The quantitative estimate of drug-likeness (QED) is 0.900. The molecule has 2 aromatic rings. The molecule has 1 saturated carbocycles. The Labute approximate surface area is 106 Å². The standard InChI is InChI=1S/C14H17N3O/c1-8-4-3-5-9(2)11(8)12(15)13-16-14(18-17-13)10-6-7-10/h3-5,10,12H,6-7,15H2,1-2H3. The molecule has 1 heterocycles. The number of aromatic nitrogens is 2. The molecule has 4 nitrogen and oxygen atoms in total. The second-order valence-corrected chi connectivity index (χ2v) is 5.05. The van der Waals surface area contributed by atoms with Gasteiger partial charge in [-0.15, -0.1) is 0 Å². The van der Waals surface area contributed by atoms with E-state index in [0.29, 0.717) is 11.7 Å². The maximum atomic E-state index is 6.27. The summed E-state index contributed by atoms with van der Waals surface area (Å²) in [4.78, 5) is 4.43. The van der Waals surface area contributed by atoms with Crippen LogP contribution < -0.4 is 5.73 Å². The number of aryl methyl sites for hydroxylation is 2. The summed E-state index contributed by atoms with van der Waals surface area (Å²) in [6.07, 6.45) is 2.31. The number of rotatable bonds is 3. The summed E-state index contributed by atoms with van der Waals surface area (Å²) in [5.74, 6) is 1.80. The van der Waals surface area contributed by atoms with E-state index >= 15 is 0 Å². The van der Waals surface area contributed by atoms with Crippen molar-refractivity contribution >= 4 is 0 Å². The fourth-order valence-corrected chi connectivity index (χ4v) is 2.32. The molecule has 2 N–H and O–H groups in total. The van der Waals surface area contributed by atoms with Crippen molar-refractivity contribution in [3.63, 3.8) is 0 Å². The van der Waals surface area contributed by atoms with Crippen molar-refractivity contribution in [3.8, 4) is 0 Å². The largest absolute Gasteiger partial charge is 0.339 e. The number of hydrogen-bond donors (Lipinski definition) is 1. The predicted molar refractivity (Wildman–Crippen MR) is 68.2 cm³/mol. The highest BCUT2D eigenvalue weighted by molar-refractivity contribution is 5.38. The minimum absolute atomic E-state index is 0.303. The van der Waals surface area contributed by atoms with Crippen LogP contribution in [0.1, 0.15) is 53.2 Å². The lowest BCUT2D eigenvalue weighted by atomic mass is 9.96. The van der Waals surface area contributed by atoms with Crippen molar-refractivity contribution in [2.24, 2.45) is 5.73 Å². The van der Waals surface area contributed by atoms with E-state index in [0.717, 1.165) is 24.3 Å². The lowest BCUT2D eigenvalue weighted by Crippen LogP contribution is -2.16. The fourth-order valence-electron chi connectivity index (χ4n) is 2.32. The maximum absolute atomic E-state index is 6.27. The first-order valence-corrected chi connectivity index (χ1v) is 6.32. The van der Waals surface area contributed by atoms with Crippen molar-refractivity contribution in [2.45, 2.75) is 38.6 Å². The number of nitrogens with two attached hydrogens (primary N) is 1. The Morgan fingerprint density at radius 3 is 2.56 bits per heavy atom. The van der Waals surface area contributed by atoms with E-state index in [4.69, 9.17) is 10.3 Å². The van der Waals surface area contributed by atoms with Crippen molar-refractivity contribution in [1.82, 2.24) is 10.1 Å². The number of hydrogen-bond acceptors (Lipinski definition) is 4. The van der Waals surface area contributed by atoms with E-state index in [9.17, 15) is 0 Å². The Hall–Kier alpha value is -1.68. The summed E-state index contributed by atoms with van der Waals surface area (Å²) in [5.41, 5.74) is 9.70. The van der Waals surface area contributed by atoms with Gasteiger partial charge in [0.25, 0.3) is 0 Å². The number of benzene rings is 1. The van der Waals surface area contributed by atoms with Crippen LogP contribution >= 0.6 is 0 Å². The third-order valence-electron chi connectivity index (χ3n) is 3.52. The minimum atomic E-state index is -0.303. The molecule has 94 valence electrons. The van der Waals surface area contributed by atoms with Crippen LogP contribution in [0.2, 0.25) is 0 Å². The van der Waals surface area contributed by atoms with Crippen LogP contribution in [0.4, 0.5) is 0 Å². The first-order chi connectivity index (χ1) is 8.66. The van der Waals surface area contributed by atoms with Gasteiger partial charge in [0.15, 0.2) is 5.82 Å². The van der Waals surface area contributed by atoms with Crippen LogP contribution in [0.5, 0.6) is 0 Å². The Balaban J connectivity index is 1.94. The van der Waals surface area contributed by atoms with Gasteiger partial charge >= 0.3 is 0 Å². The zero-order valence-electron chi connectivity index (χ0n) is 10.7. The summed E-state index contributed by atoms with van der Waals surface area (Å²) >= 11 is 0. The van der Waals surface area contributed by atoms with Crippen molar-refractivity contribution in [3.05, 3.63) is 46.6 Å². The van der Waals surface area contributed by atoms with Gasteiger partial charge in [-0.05, 0) is 43.4 Å². The molecule has 1 unspecified atom stereocenters. The SMILES string of the molecule is Cc1cccc(C)c1C(N)c1noc(C2CC2)n1.